The molecule has 2 rings (SSSR count). The van der Waals surface area contributed by atoms with Gasteiger partial charge in [-0.15, -0.1) is 11.6 Å². The van der Waals surface area contributed by atoms with Crippen LogP contribution in [0.5, 0.6) is 0 Å². The van der Waals surface area contributed by atoms with E-state index in [-0.39, 0.29) is 16.8 Å². The number of halogens is 2. The first-order valence-corrected chi connectivity index (χ1v) is 4.62. The molecule has 0 aliphatic heterocycles. The molecule has 1 aromatic carbocycles. The number of aromatic nitrogens is 1. The van der Waals surface area contributed by atoms with E-state index in [0.29, 0.717) is 11.1 Å². The van der Waals surface area contributed by atoms with Crippen LogP contribution in [0.4, 0.5) is 4.39 Å². The quantitative estimate of drug-likeness (QED) is 0.722. The molecule has 0 saturated carbocycles. The van der Waals surface area contributed by atoms with Gasteiger partial charge in [0.15, 0.2) is 5.43 Å². The molecule has 14 heavy (non-hydrogen) atoms. The lowest BCUT2D eigenvalue weighted by molar-refractivity contribution is 0.636. The highest BCUT2D eigenvalue weighted by Crippen LogP contribution is 2.12. The standard InChI is InChI=1S/C10H7ClFNO/c11-5-6-4-9(14)7-2-1-3-8(12)10(7)13-6/h1-4H,5H2,(H,13,14). The summed E-state index contributed by atoms with van der Waals surface area (Å²) >= 11 is 5.56. The number of aromatic amines is 1. The molecule has 0 spiro atoms. The Bertz CT molecular complexity index is 535. The molecule has 0 bridgehead atoms. The maximum absolute atomic E-state index is 13.3. The lowest BCUT2D eigenvalue weighted by Gasteiger charge is -2.01. The van der Waals surface area contributed by atoms with E-state index in [1.54, 1.807) is 6.07 Å². The van der Waals surface area contributed by atoms with Crippen LogP contribution in [-0.4, -0.2) is 4.98 Å². The van der Waals surface area contributed by atoms with Crippen molar-refractivity contribution in [3.63, 3.8) is 0 Å². The Hall–Kier alpha value is -1.35. The Morgan fingerprint density at radius 1 is 1.43 bits per heavy atom. The predicted octanol–water partition coefficient (Wildman–Crippen LogP) is 2.41. The van der Waals surface area contributed by atoms with Gasteiger partial charge in [0.1, 0.15) is 5.82 Å². The molecular formula is C10H7ClFNO. The second-order valence-corrected chi connectivity index (χ2v) is 3.22. The first-order valence-electron chi connectivity index (χ1n) is 4.09. The maximum Gasteiger partial charge on any atom is 0.189 e. The number of H-pyrrole nitrogens is 1. The average molecular weight is 212 g/mol. The number of benzene rings is 1. The first-order chi connectivity index (χ1) is 6.72. The number of hydrogen-bond donors (Lipinski definition) is 1. The number of nitrogens with one attached hydrogen (secondary N) is 1. The fourth-order valence-electron chi connectivity index (χ4n) is 1.36. The summed E-state index contributed by atoms with van der Waals surface area (Å²) in [6, 6.07) is 5.77. The van der Waals surface area contributed by atoms with Crippen LogP contribution in [0.15, 0.2) is 29.1 Å². The normalized spacial score (nSPS) is 10.7. The molecular weight excluding hydrogens is 205 g/mol. The summed E-state index contributed by atoms with van der Waals surface area (Å²) in [6.45, 7) is 0. The third-order valence-electron chi connectivity index (χ3n) is 2.01. The minimum Gasteiger partial charge on any atom is -0.355 e. The van der Waals surface area contributed by atoms with E-state index < -0.39 is 5.82 Å². The highest BCUT2D eigenvalue weighted by molar-refractivity contribution is 6.16. The molecule has 0 saturated heterocycles. The second kappa shape index (κ2) is 3.42. The number of hydrogen-bond acceptors (Lipinski definition) is 1. The molecule has 4 heteroatoms. The lowest BCUT2D eigenvalue weighted by Crippen LogP contribution is -2.05. The van der Waals surface area contributed by atoms with Crippen LogP contribution in [0.2, 0.25) is 0 Å². The van der Waals surface area contributed by atoms with Crippen LogP contribution in [0.3, 0.4) is 0 Å². The molecule has 1 N–H and O–H groups in total. The number of pyridine rings is 1. The minimum absolute atomic E-state index is 0.166. The van der Waals surface area contributed by atoms with E-state index in [1.807, 2.05) is 0 Å². The zero-order chi connectivity index (χ0) is 10.1. The van der Waals surface area contributed by atoms with Gasteiger partial charge in [-0.05, 0) is 12.1 Å². The van der Waals surface area contributed by atoms with E-state index in [1.165, 1.54) is 18.2 Å². The predicted molar refractivity (Wildman–Crippen MR) is 54.1 cm³/mol. The smallest absolute Gasteiger partial charge is 0.189 e. The molecule has 1 aromatic heterocycles. The summed E-state index contributed by atoms with van der Waals surface area (Å²) in [5.74, 6) is -0.272. The summed E-state index contributed by atoms with van der Waals surface area (Å²) in [4.78, 5) is 14.2. The Morgan fingerprint density at radius 2 is 2.21 bits per heavy atom. The van der Waals surface area contributed by atoms with E-state index in [9.17, 15) is 9.18 Å². The third kappa shape index (κ3) is 1.40. The van der Waals surface area contributed by atoms with Crippen LogP contribution < -0.4 is 5.43 Å². The molecule has 0 aliphatic rings. The molecule has 0 atom stereocenters. The van der Waals surface area contributed by atoms with Gasteiger partial charge in [-0.3, -0.25) is 4.79 Å². The van der Waals surface area contributed by atoms with Gasteiger partial charge in [0, 0.05) is 17.1 Å². The van der Waals surface area contributed by atoms with Crippen LogP contribution >= 0.6 is 11.6 Å². The monoisotopic (exact) mass is 211 g/mol. The van der Waals surface area contributed by atoms with Crippen LogP contribution in [0.25, 0.3) is 10.9 Å². The first kappa shape index (κ1) is 9.21. The molecule has 0 unspecified atom stereocenters. The van der Waals surface area contributed by atoms with Gasteiger partial charge in [0.25, 0.3) is 0 Å². The fraction of sp³-hybridized carbons (Fsp3) is 0.100. The highest BCUT2D eigenvalue weighted by Gasteiger charge is 2.04. The molecule has 0 aliphatic carbocycles. The van der Waals surface area contributed by atoms with Gasteiger partial charge in [0.05, 0.1) is 11.4 Å². The van der Waals surface area contributed by atoms with Crippen molar-refractivity contribution in [3.8, 4) is 0 Å². The van der Waals surface area contributed by atoms with Crippen molar-refractivity contribution in [1.29, 1.82) is 0 Å². The number of para-hydroxylation sites is 1. The lowest BCUT2D eigenvalue weighted by atomic mass is 10.2. The van der Waals surface area contributed by atoms with Crippen LogP contribution in [0, 0.1) is 5.82 Å². The maximum atomic E-state index is 13.3. The fourth-order valence-corrected chi connectivity index (χ4v) is 1.51. The highest BCUT2D eigenvalue weighted by atomic mass is 35.5. The van der Waals surface area contributed by atoms with Crippen LogP contribution in [0.1, 0.15) is 5.69 Å². The Labute approximate surface area is 84.3 Å². The van der Waals surface area contributed by atoms with Gasteiger partial charge in [-0.1, -0.05) is 6.07 Å². The van der Waals surface area contributed by atoms with Crippen LogP contribution in [-0.2, 0) is 5.88 Å². The summed E-state index contributed by atoms with van der Waals surface area (Å²) in [5, 5.41) is 0.346. The van der Waals surface area contributed by atoms with Gasteiger partial charge in [-0.2, -0.15) is 0 Å². The summed E-state index contributed by atoms with van der Waals surface area (Å²) in [6.07, 6.45) is 0. The van der Waals surface area contributed by atoms with Gasteiger partial charge in [-0.25, -0.2) is 4.39 Å². The molecule has 0 radical (unpaired) electrons. The van der Waals surface area contributed by atoms with Crippen molar-refractivity contribution in [3.05, 3.63) is 46.0 Å². The number of fused-ring (bicyclic) bond motifs is 1. The van der Waals surface area contributed by atoms with Crippen molar-refractivity contribution in [2.45, 2.75) is 5.88 Å². The molecule has 2 nitrogen and oxygen atoms in total. The third-order valence-corrected chi connectivity index (χ3v) is 2.30. The van der Waals surface area contributed by atoms with E-state index in [0.717, 1.165) is 0 Å². The van der Waals surface area contributed by atoms with E-state index >= 15 is 0 Å². The summed E-state index contributed by atoms with van der Waals surface area (Å²) in [7, 11) is 0. The minimum atomic E-state index is -0.438. The molecule has 72 valence electrons. The molecule has 0 fully saturated rings. The SMILES string of the molecule is O=c1cc(CCl)[nH]c2c(F)cccc12. The largest absolute Gasteiger partial charge is 0.355 e. The Kier molecular flexibility index (Phi) is 2.25. The number of rotatable bonds is 1. The zero-order valence-corrected chi connectivity index (χ0v) is 7.94. The molecule has 0 amide bonds. The van der Waals surface area contributed by atoms with Crippen molar-refractivity contribution in [2.75, 3.05) is 0 Å². The number of alkyl halides is 1. The van der Waals surface area contributed by atoms with Gasteiger partial charge in [0.2, 0.25) is 0 Å². The van der Waals surface area contributed by atoms with Gasteiger partial charge < -0.3 is 4.98 Å². The second-order valence-electron chi connectivity index (χ2n) is 2.95. The van der Waals surface area contributed by atoms with Crippen molar-refractivity contribution in [2.24, 2.45) is 0 Å². The van der Waals surface area contributed by atoms with E-state index in [2.05, 4.69) is 4.98 Å². The van der Waals surface area contributed by atoms with E-state index in [4.69, 9.17) is 11.6 Å². The van der Waals surface area contributed by atoms with Gasteiger partial charge >= 0.3 is 0 Å². The van der Waals surface area contributed by atoms with Crippen molar-refractivity contribution in [1.82, 2.24) is 4.98 Å². The summed E-state index contributed by atoms with van der Waals surface area (Å²) in [5.41, 5.74) is 0.527. The molecule has 1 heterocycles. The Morgan fingerprint density at radius 3 is 2.93 bits per heavy atom. The van der Waals surface area contributed by atoms with Crippen molar-refractivity contribution < 1.29 is 4.39 Å². The average Bonchev–Trinajstić information content (AvgIpc) is 2.19. The zero-order valence-electron chi connectivity index (χ0n) is 7.18. The molecule has 2 aromatic rings. The summed E-state index contributed by atoms with van der Waals surface area (Å²) < 4.78 is 13.3. The Balaban J connectivity index is 2.91. The van der Waals surface area contributed by atoms with Crippen molar-refractivity contribution >= 4 is 22.5 Å². The topological polar surface area (TPSA) is 32.9 Å².